The Labute approximate surface area is 81.6 Å². The van der Waals surface area contributed by atoms with Crippen molar-refractivity contribution in [2.24, 2.45) is 5.90 Å². The van der Waals surface area contributed by atoms with Gasteiger partial charge in [-0.3, -0.25) is 10.1 Å². The minimum absolute atomic E-state index is 0.115. The third kappa shape index (κ3) is 3.12. The van der Waals surface area contributed by atoms with Crippen LogP contribution in [0.5, 0.6) is 0 Å². The Balaban J connectivity index is 2.51. The lowest BCUT2D eigenvalue weighted by Crippen LogP contribution is -2.01. The number of hydrogen-bond acceptors (Lipinski definition) is 4. The largest absolute Gasteiger partial charge is 0.305 e. The maximum Gasteiger partial charge on any atom is 0.269 e. The van der Waals surface area contributed by atoms with Crippen molar-refractivity contribution in [3.63, 3.8) is 0 Å². The summed E-state index contributed by atoms with van der Waals surface area (Å²) in [6.07, 6.45) is 1.63. The van der Waals surface area contributed by atoms with Crippen LogP contribution in [0.1, 0.15) is 12.0 Å². The molecule has 0 heterocycles. The predicted octanol–water partition coefficient (Wildman–Crippen LogP) is 1.42. The fourth-order valence-electron chi connectivity index (χ4n) is 1.14. The van der Waals surface area contributed by atoms with Gasteiger partial charge in [0.2, 0.25) is 0 Å². The number of nitrogens with zero attached hydrogens (tertiary/aromatic N) is 1. The van der Waals surface area contributed by atoms with Crippen molar-refractivity contribution < 1.29 is 9.76 Å². The summed E-state index contributed by atoms with van der Waals surface area (Å²) in [4.78, 5) is 14.3. The van der Waals surface area contributed by atoms with E-state index in [0.29, 0.717) is 6.61 Å². The molecule has 0 aliphatic rings. The molecular weight excluding hydrogens is 184 g/mol. The minimum atomic E-state index is -0.410. The molecule has 0 fully saturated rings. The Morgan fingerprint density at radius 3 is 2.50 bits per heavy atom. The zero-order chi connectivity index (χ0) is 10.4. The third-order valence-electron chi connectivity index (χ3n) is 1.87. The van der Waals surface area contributed by atoms with Crippen LogP contribution in [-0.4, -0.2) is 11.5 Å². The molecule has 0 aromatic heterocycles. The fraction of sp³-hybridized carbons (Fsp3) is 0.333. The Morgan fingerprint density at radius 1 is 1.36 bits per heavy atom. The average molecular weight is 196 g/mol. The second-order valence-electron chi connectivity index (χ2n) is 2.90. The lowest BCUT2D eigenvalue weighted by atomic mass is 10.1. The van der Waals surface area contributed by atoms with E-state index in [9.17, 15) is 10.1 Å². The van der Waals surface area contributed by atoms with Gasteiger partial charge >= 0.3 is 0 Å². The summed E-state index contributed by atoms with van der Waals surface area (Å²) < 4.78 is 0. The van der Waals surface area contributed by atoms with Crippen LogP contribution in [0.3, 0.4) is 0 Å². The van der Waals surface area contributed by atoms with Gasteiger partial charge in [0.15, 0.2) is 0 Å². The van der Waals surface area contributed by atoms with Gasteiger partial charge in [0.25, 0.3) is 5.69 Å². The molecule has 5 nitrogen and oxygen atoms in total. The highest BCUT2D eigenvalue weighted by Crippen LogP contribution is 2.12. The fourth-order valence-corrected chi connectivity index (χ4v) is 1.14. The molecule has 14 heavy (non-hydrogen) atoms. The van der Waals surface area contributed by atoms with Crippen molar-refractivity contribution in [3.8, 4) is 0 Å². The van der Waals surface area contributed by atoms with Gasteiger partial charge in [-0.2, -0.15) is 0 Å². The van der Waals surface area contributed by atoms with E-state index in [0.717, 1.165) is 18.4 Å². The maximum absolute atomic E-state index is 10.3. The Hall–Kier alpha value is -1.46. The number of rotatable bonds is 5. The Kier molecular flexibility index (Phi) is 4.03. The first-order valence-electron chi connectivity index (χ1n) is 4.29. The molecule has 0 saturated heterocycles. The van der Waals surface area contributed by atoms with Crippen LogP contribution in [0.2, 0.25) is 0 Å². The van der Waals surface area contributed by atoms with Crippen molar-refractivity contribution in [2.75, 3.05) is 6.61 Å². The highest BCUT2D eigenvalue weighted by molar-refractivity contribution is 5.32. The molecule has 0 aliphatic carbocycles. The van der Waals surface area contributed by atoms with E-state index in [1.807, 2.05) is 0 Å². The van der Waals surface area contributed by atoms with Crippen molar-refractivity contribution in [1.82, 2.24) is 0 Å². The highest BCUT2D eigenvalue weighted by Gasteiger charge is 2.03. The van der Waals surface area contributed by atoms with E-state index in [1.165, 1.54) is 12.1 Å². The number of nitrogens with two attached hydrogens (primary N) is 1. The first kappa shape index (κ1) is 10.6. The lowest BCUT2D eigenvalue weighted by molar-refractivity contribution is -0.384. The molecule has 1 aromatic rings. The summed E-state index contributed by atoms with van der Waals surface area (Å²) in [7, 11) is 0. The van der Waals surface area contributed by atoms with Gasteiger partial charge in [0.05, 0.1) is 11.5 Å². The molecule has 0 atom stereocenters. The van der Waals surface area contributed by atoms with Crippen LogP contribution in [0.25, 0.3) is 0 Å². The molecule has 0 saturated carbocycles. The van der Waals surface area contributed by atoms with Gasteiger partial charge < -0.3 is 4.84 Å². The standard InChI is InChI=1S/C9H12N2O3/c10-14-7-1-2-8-3-5-9(6-4-8)11(12)13/h3-6H,1-2,7,10H2. The Bertz CT molecular complexity index is 297. The van der Waals surface area contributed by atoms with Crippen LogP contribution < -0.4 is 5.90 Å². The number of non-ortho nitro benzene ring substituents is 1. The normalized spacial score (nSPS) is 10.1. The molecule has 5 heteroatoms. The summed E-state index contributed by atoms with van der Waals surface area (Å²) in [6, 6.07) is 6.49. The maximum atomic E-state index is 10.3. The lowest BCUT2D eigenvalue weighted by Gasteiger charge is -1.99. The van der Waals surface area contributed by atoms with Gasteiger partial charge in [-0.05, 0) is 18.4 Å². The summed E-state index contributed by atoms with van der Waals surface area (Å²) >= 11 is 0. The predicted molar refractivity (Wildman–Crippen MR) is 51.6 cm³/mol. The molecule has 1 aromatic carbocycles. The summed E-state index contributed by atoms with van der Waals surface area (Å²) in [6.45, 7) is 0.497. The van der Waals surface area contributed by atoms with Gasteiger partial charge in [0.1, 0.15) is 0 Å². The molecule has 0 bridgehead atoms. The van der Waals surface area contributed by atoms with Crippen LogP contribution in [0.4, 0.5) is 5.69 Å². The molecular formula is C9H12N2O3. The molecule has 1 rings (SSSR count). The van der Waals surface area contributed by atoms with Gasteiger partial charge in [0, 0.05) is 12.1 Å². The first-order valence-corrected chi connectivity index (χ1v) is 4.29. The smallest absolute Gasteiger partial charge is 0.269 e. The molecule has 2 N–H and O–H groups in total. The van der Waals surface area contributed by atoms with E-state index in [-0.39, 0.29) is 5.69 Å². The summed E-state index contributed by atoms with van der Waals surface area (Å²) in [5.41, 5.74) is 1.16. The van der Waals surface area contributed by atoms with E-state index in [2.05, 4.69) is 4.84 Å². The third-order valence-corrected chi connectivity index (χ3v) is 1.87. The average Bonchev–Trinajstić information content (AvgIpc) is 2.19. The van der Waals surface area contributed by atoms with Gasteiger partial charge in [-0.25, -0.2) is 5.90 Å². The van der Waals surface area contributed by atoms with Crippen LogP contribution in [-0.2, 0) is 11.3 Å². The molecule has 0 aliphatic heterocycles. The molecule has 0 radical (unpaired) electrons. The van der Waals surface area contributed by atoms with Crippen LogP contribution in [0, 0.1) is 10.1 Å². The zero-order valence-corrected chi connectivity index (χ0v) is 7.68. The van der Waals surface area contributed by atoms with Crippen molar-refractivity contribution >= 4 is 5.69 Å². The molecule has 76 valence electrons. The van der Waals surface area contributed by atoms with Crippen molar-refractivity contribution in [1.29, 1.82) is 0 Å². The number of hydrogen-bond donors (Lipinski definition) is 1. The topological polar surface area (TPSA) is 78.4 Å². The number of aryl methyl sites for hydroxylation is 1. The minimum Gasteiger partial charge on any atom is -0.305 e. The molecule has 0 amide bonds. The van der Waals surface area contributed by atoms with Crippen molar-refractivity contribution in [2.45, 2.75) is 12.8 Å². The van der Waals surface area contributed by atoms with Crippen molar-refractivity contribution in [3.05, 3.63) is 39.9 Å². The van der Waals surface area contributed by atoms with E-state index in [1.54, 1.807) is 12.1 Å². The van der Waals surface area contributed by atoms with E-state index < -0.39 is 4.92 Å². The molecule has 0 spiro atoms. The zero-order valence-electron chi connectivity index (χ0n) is 7.68. The summed E-state index contributed by atoms with van der Waals surface area (Å²) in [5.74, 6) is 4.87. The number of nitro benzene ring substituents is 1. The highest BCUT2D eigenvalue weighted by atomic mass is 16.6. The van der Waals surface area contributed by atoms with E-state index >= 15 is 0 Å². The van der Waals surface area contributed by atoms with Crippen LogP contribution in [0.15, 0.2) is 24.3 Å². The monoisotopic (exact) mass is 196 g/mol. The van der Waals surface area contributed by atoms with Gasteiger partial charge in [-0.15, -0.1) is 0 Å². The van der Waals surface area contributed by atoms with Crippen LogP contribution >= 0.6 is 0 Å². The first-order chi connectivity index (χ1) is 6.74. The van der Waals surface area contributed by atoms with Gasteiger partial charge in [-0.1, -0.05) is 12.1 Å². The number of benzene rings is 1. The summed E-state index contributed by atoms with van der Waals surface area (Å²) in [5, 5.41) is 10.3. The van der Waals surface area contributed by atoms with E-state index in [4.69, 9.17) is 5.90 Å². The Morgan fingerprint density at radius 2 is 2.00 bits per heavy atom. The second kappa shape index (κ2) is 5.31. The quantitative estimate of drug-likeness (QED) is 0.438. The molecule has 0 unspecified atom stereocenters. The number of nitro groups is 1. The SMILES string of the molecule is NOCCCc1ccc([N+](=O)[O-])cc1. The second-order valence-corrected chi connectivity index (χ2v) is 2.90.